The molecule has 1 aromatic rings. The number of carbonyl (C=O) groups is 1. The first kappa shape index (κ1) is 12.6. The van der Waals surface area contributed by atoms with E-state index in [0.29, 0.717) is 0 Å². The van der Waals surface area contributed by atoms with Gasteiger partial charge in [-0.25, -0.2) is 0 Å². The average molecular weight is 296 g/mol. The normalized spacial score (nSPS) is 21.1. The monoisotopic (exact) mass is 295 g/mol. The second kappa shape index (κ2) is 4.13. The van der Waals surface area contributed by atoms with Gasteiger partial charge in [0.15, 0.2) is 0 Å². The Hall–Kier alpha value is -0.830. The van der Waals surface area contributed by atoms with E-state index in [-0.39, 0.29) is 17.2 Å². The van der Waals surface area contributed by atoms with Gasteiger partial charge in [0.25, 0.3) is 0 Å². The van der Waals surface area contributed by atoms with Crippen molar-refractivity contribution >= 4 is 27.5 Å². The molecule has 0 spiro atoms. The minimum Gasteiger partial charge on any atom is -0.325 e. The summed E-state index contributed by atoms with van der Waals surface area (Å²) in [6, 6.07) is 4.06. The summed E-state index contributed by atoms with van der Waals surface area (Å²) in [6.45, 7) is 8.31. The largest absolute Gasteiger partial charge is 0.325 e. The highest BCUT2D eigenvalue weighted by Gasteiger charge is 2.50. The maximum absolute atomic E-state index is 12.1. The van der Waals surface area contributed by atoms with Crippen molar-refractivity contribution in [2.75, 3.05) is 5.32 Å². The van der Waals surface area contributed by atoms with Crippen molar-refractivity contribution in [3.05, 3.63) is 27.7 Å². The van der Waals surface area contributed by atoms with Gasteiger partial charge >= 0.3 is 0 Å². The van der Waals surface area contributed by atoms with Crippen LogP contribution < -0.4 is 5.32 Å². The minimum atomic E-state index is 0.156. The summed E-state index contributed by atoms with van der Waals surface area (Å²) in [5, 5.41) is 3.06. The lowest BCUT2D eigenvalue weighted by molar-refractivity contribution is -0.118. The lowest BCUT2D eigenvalue weighted by Gasteiger charge is -2.13. The van der Waals surface area contributed by atoms with E-state index >= 15 is 0 Å². The minimum absolute atomic E-state index is 0.156. The predicted octanol–water partition coefficient (Wildman–Crippen LogP) is 4.05. The van der Waals surface area contributed by atoms with Crippen LogP contribution >= 0.6 is 15.9 Å². The quantitative estimate of drug-likeness (QED) is 0.876. The van der Waals surface area contributed by atoms with Crippen LogP contribution in [0, 0.1) is 25.2 Å². The van der Waals surface area contributed by atoms with Gasteiger partial charge in [0.05, 0.1) is 0 Å². The van der Waals surface area contributed by atoms with Crippen molar-refractivity contribution in [3.63, 3.8) is 0 Å². The van der Waals surface area contributed by atoms with E-state index in [1.807, 2.05) is 26.0 Å². The van der Waals surface area contributed by atoms with Gasteiger partial charge in [-0.2, -0.15) is 0 Å². The summed E-state index contributed by atoms with van der Waals surface area (Å²) in [7, 11) is 0. The molecule has 0 aromatic heterocycles. The van der Waals surface area contributed by atoms with Crippen LogP contribution in [0.25, 0.3) is 0 Å². The molecule has 17 heavy (non-hydrogen) atoms. The molecular weight excluding hydrogens is 278 g/mol. The fourth-order valence-corrected chi connectivity index (χ4v) is 2.92. The smallest absolute Gasteiger partial charge is 0.228 e. The molecule has 0 heterocycles. The summed E-state index contributed by atoms with van der Waals surface area (Å²) in [6.07, 6.45) is 0.994. The number of aryl methyl sites for hydroxylation is 2. The van der Waals surface area contributed by atoms with E-state index in [2.05, 4.69) is 35.1 Å². The lowest BCUT2D eigenvalue weighted by Crippen LogP contribution is -2.18. The highest BCUT2D eigenvalue weighted by Crippen LogP contribution is 2.52. The van der Waals surface area contributed by atoms with Crippen molar-refractivity contribution in [1.29, 1.82) is 0 Å². The first-order chi connectivity index (χ1) is 7.81. The Morgan fingerprint density at radius 3 is 2.24 bits per heavy atom. The van der Waals surface area contributed by atoms with E-state index in [1.54, 1.807) is 0 Å². The number of benzene rings is 1. The Balaban J connectivity index is 2.17. The van der Waals surface area contributed by atoms with Crippen LogP contribution in [0.15, 0.2) is 16.6 Å². The van der Waals surface area contributed by atoms with Gasteiger partial charge in [-0.1, -0.05) is 29.8 Å². The molecule has 92 valence electrons. The third-order valence-electron chi connectivity index (χ3n) is 3.58. The summed E-state index contributed by atoms with van der Waals surface area (Å²) >= 11 is 3.46. The molecule has 1 aliphatic rings. The van der Waals surface area contributed by atoms with Crippen LogP contribution in [-0.4, -0.2) is 5.91 Å². The number of nitrogens with one attached hydrogen (secondary N) is 1. The third-order valence-corrected chi connectivity index (χ3v) is 4.03. The number of rotatable bonds is 2. The van der Waals surface area contributed by atoms with Crippen molar-refractivity contribution in [1.82, 2.24) is 0 Å². The molecule has 3 heteroatoms. The maximum atomic E-state index is 12.1. The summed E-state index contributed by atoms with van der Waals surface area (Å²) < 4.78 is 1.05. The summed E-state index contributed by atoms with van der Waals surface area (Å²) in [5.74, 6) is 0.327. The molecule has 1 saturated carbocycles. The molecule has 1 N–H and O–H groups in total. The fourth-order valence-electron chi connectivity index (χ4n) is 2.23. The number of amides is 1. The van der Waals surface area contributed by atoms with Crippen LogP contribution in [0.3, 0.4) is 0 Å². The molecule has 1 atom stereocenters. The molecule has 1 aromatic carbocycles. The van der Waals surface area contributed by atoms with Gasteiger partial charge in [0, 0.05) is 16.1 Å². The first-order valence-corrected chi connectivity index (χ1v) is 6.68. The molecule has 0 aliphatic heterocycles. The highest BCUT2D eigenvalue weighted by molar-refractivity contribution is 9.10. The Kier molecular flexibility index (Phi) is 3.06. The number of hydrogen-bond acceptors (Lipinski definition) is 1. The van der Waals surface area contributed by atoms with E-state index in [4.69, 9.17) is 0 Å². The van der Waals surface area contributed by atoms with E-state index < -0.39 is 0 Å². The molecule has 1 amide bonds. The molecule has 2 nitrogen and oxygen atoms in total. The zero-order valence-electron chi connectivity index (χ0n) is 10.7. The number of anilines is 1. The van der Waals surface area contributed by atoms with Crippen LogP contribution in [0.4, 0.5) is 5.69 Å². The molecule has 1 unspecified atom stereocenters. The lowest BCUT2D eigenvalue weighted by atomic mass is 10.1. The van der Waals surface area contributed by atoms with E-state index in [9.17, 15) is 4.79 Å². The van der Waals surface area contributed by atoms with Gasteiger partial charge in [0.2, 0.25) is 5.91 Å². The van der Waals surface area contributed by atoms with Crippen molar-refractivity contribution in [2.24, 2.45) is 11.3 Å². The predicted molar refractivity (Wildman–Crippen MR) is 74.1 cm³/mol. The molecule has 2 rings (SSSR count). The summed E-state index contributed by atoms with van der Waals surface area (Å²) in [4.78, 5) is 12.1. The molecule has 1 aliphatic carbocycles. The van der Waals surface area contributed by atoms with Crippen LogP contribution in [0.1, 0.15) is 31.4 Å². The number of carbonyl (C=O) groups excluding carboxylic acids is 1. The van der Waals surface area contributed by atoms with Gasteiger partial charge in [0.1, 0.15) is 0 Å². The Morgan fingerprint density at radius 2 is 1.82 bits per heavy atom. The average Bonchev–Trinajstić information content (AvgIpc) is 2.81. The molecule has 0 radical (unpaired) electrons. The second-order valence-electron chi connectivity index (χ2n) is 5.65. The van der Waals surface area contributed by atoms with Gasteiger partial charge in [-0.3, -0.25) is 4.79 Å². The summed E-state index contributed by atoms with van der Waals surface area (Å²) in [5.41, 5.74) is 3.34. The first-order valence-electron chi connectivity index (χ1n) is 5.89. The van der Waals surface area contributed by atoms with Crippen molar-refractivity contribution < 1.29 is 4.79 Å². The third kappa shape index (κ3) is 2.54. The Labute approximate surface area is 111 Å². The molecule has 0 bridgehead atoms. The second-order valence-corrected chi connectivity index (χ2v) is 6.56. The van der Waals surface area contributed by atoms with E-state index in [1.165, 1.54) is 0 Å². The van der Waals surface area contributed by atoms with E-state index in [0.717, 1.165) is 27.7 Å². The Bertz CT molecular complexity index is 456. The maximum Gasteiger partial charge on any atom is 0.228 e. The fraction of sp³-hybridized carbons (Fsp3) is 0.500. The molecule has 1 fully saturated rings. The molecular formula is C14H18BrNO. The molecule has 0 saturated heterocycles. The zero-order chi connectivity index (χ0) is 12.8. The van der Waals surface area contributed by atoms with Crippen molar-refractivity contribution in [2.45, 2.75) is 34.1 Å². The standard InChI is InChI=1S/C14H18BrNO/c1-8-5-10(15)6-9(2)12(8)16-13(17)11-7-14(11,3)4/h5-6,11H,7H2,1-4H3,(H,16,17). The van der Waals surface area contributed by atoms with Crippen molar-refractivity contribution in [3.8, 4) is 0 Å². The van der Waals surface area contributed by atoms with Gasteiger partial charge in [-0.15, -0.1) is 0 Å². The number of hydrogen-bond donors (Lipinski definition) is 1. The SMILES string of the molecule is Cc1cc(Br)cc(C)c1NC(=O)C1CC1(C)C. The van der Waals surface area contributed by atoms with Crippen LogP contribution in [0.2, 0.25) is 0 Å². The van der Waals surface area contributed by atoms with Crippen LogP contribution in [0.5, 0.6) is 0 Å². The topological polar surface area (TPSA) is 29.1 Å². The van der Waals surface area contributed by atoms with Gasteiger partial charge < -0.3 is 5.32 Å². The Morgan fingerprint density at radius 1 is 1.35 bits per heavy atom. The number of halogens is 1. The zero-order valence-corrected chi connectivity index (χ0v) is 12.3. The highest BCUT2D eigenvalue weighted by atomic mass is 79.9. The van der Waals surface area contributed by atoms with Gasteiger partial charge in [-0.05, 0) is 48.9 Å². The van der Waals surface area contributed by atoms with Crippen LogP contribution in [-0.2, 0) is 4.79 Å².